The van der Waals surface area contributed by atoms with Crippen LogP contribution in [0.15, 0.2) is 48.5 Å². The van der Waals surface area contributed by atoms with Crippen molar-refractivity contribution in [2.24, 2.45) is 0 Å². The predicted molar refractivity (Wildman–Crippen MR) is 88.2 cm³/mol. The van der Waals surface area contributed by atoms with Gasteiger partial charge >= 0.3 is 35.5 Å². The molecule has 120 valence electrons. The summed E-state index contributed by atoms with van der Waals surface area (Å²) in [5.41, 5.74) is 1.23. The van der Waals surface area contributed by atoms with E-state index in [1.165, 1.54) is 12.1 Å². The van der Waals surface area contributed by atoms with Crippen molar-refractivity contribution < 1.29 is 49.0 Å². The fourth-order valence-corrected chi connectivity index (χ4v) is 1.94. The van der Waals surface area contributed by atoms with Gasteiger partial charge in [0.2, 0.25) is 0 Å². The second kappa shape index (κ2) is 10.1. The number of carboxylic acid groups (broad SMARTS) is 1. The Morgan fingerprint density at radius 2 is 1.58 bits per heavy atom. The number of hydrogen-bond acceptors (Lipinski definition) is 3. The molecule has 5 nitrogen and oxygen atoms in total. The number of benzene rings is 2. The number of rotatable bonds is 7. The maximum atomic E-state index is 12.1. The van der Waals surface area contributed by atoms with Crippen LogP contribution >= 0.6 is 0 Å². The van der Waals surface area contributed by atoms with E-state index in [9.17, 15) is 9.59 Å². The van der Waals surface area contributed by atoms with Crippen LogP contribution < -0.4 is 39.6 Å². The summed E-state index contributed by atoms with van der Waals surface area (Å²) in [5, 5.41) is 11.6. The minimum absolute atomic E-state index is 0. The molecule has 2 aromatic carbocycles. The van der Waals surface area contributed by atoms with E-state index in [-0.39, 0.29) is 41.0 Å². The van der Waals surface area contributed by atoms with E-state index in [1.54, 1.807) is 36.4 Å². The van der Waals surface area contributed by atoms with E-state index in [1.807, 2.05) is 0 Å². The Kier molecular flexibility index (Phi) is 8.54. The summed E-state index contributed by atoms with van der Waals surface area (Å²) < 4.78 is 5.55. The SMILES string of the molecule is CCCCOc1ccc(C(=O)Nc2ccc(C(=O)O)cc2)cc1.[Na+]. The van der Waals surface area contributed by atoms with Gasteiger partial charge in [-0.3, -0.25) is 4.79 Å². The van der Waals surface area contributed by atoms with Crippen LogP contribution in [-0.2, 0) is 0 Å². The van der Waals surface area contributed by atoms with Gasteiger partial charge < -0.3 is 15.2 Å². The van der Waals surface area contributed by atoms with Crippen molar-refractivity contribution in [3.05, 3.63) is 59.7 Å². The van der Waals surface area contributed by atoms with E-state index in [4.69, 9.17) is 9.84 Å². The monoisotopic (exact) mass is 336 g/mol. The molecule has 0 saturated heterocycles. The van der Waals surface area contributed by atoms with E-state index in [0.29, 0.717) is 17.9 Å². The molecule has 6 heteroatoms. The molecular weight excluding hydrogens is 317 g/mol. The molecule has 1 amide bonds. The zero-order chi connectivity index (χ0) is 16.7. The average Bonchev–Trinajstić information content (AvgIpc) is 2.56. The first-order valence-corrected chi connectivity index (χ1v) is 7.47. The fourth-order valence-electron chi connectivity index (χ4n) is 1.94. The van der Waals surface area contributed by atoms with Gasteiger partial charge in [0.1, 0.15) is 5.75 Å². The van der Waals surface area contributed by atoms with Gasteiger partial charge in [0.15, 0.2) is 0 Å². The zero-order valence-corrected chi connectivity index (χ0v) is 15.9. The number of unbranched alkanes of at least 4 members (excludes halogenated alkanes) is 1. The van der Waals surface area contributed by atoms with Gasteiger partial charge in [0.25, 0.3) is 5.91 Å². The van der Waals surface area contributed by atoms with E-state index < -0.39 is 5.97 Å². The van der Waals surface area contributed by atoms with Gasteiger partial charge in [0, 0.05) is 11.3 Å². The number of aromatic carboxylic acids is 1. The Bertz CT molecular complexity index is 668. The molecule has 0 radical (unpaired) electrons. The van der Waals surface area contributed by atoms with Gasteiger partial charge in [-0.15, -0.1) is 0 Å². The molecule has 0 aliphatic carbocycles. The number of ether oxygens (including phenoxy) is 1. The third-order valence-corrected chi connectivity index (χ3v) is 3.27. The molecule has 2 rings (SSSR count). The molecule has 0 aromatic heterocycles. The van der Waals surface area contributed by atoms with Gasteiger partial charge in [-0.2, -0.15) is 0 Å². The molecule has 0 saturated carbocycles. The first kappa shape index (κ1) is 20.2. The number of hydrogen-bond donors (Lipinski definition) is 2. The Balaban J connectivity index is 0.00000288. The summed E-state index contributed by atoms with van der Waals surface area (Å²) in [5.74, 6) is -0.518. The molecule has 2 N–H and O–H groups in total. The van der Waals surface area contributed by atoms with Crippen molar-refractivity contribution in [1.29, 1.82) is 0 Å². The fraction of sp³-hybridized carbons (Fsp3) is 0.222. The first-order valence-electron chi connectivity index (χ1n) is 7.47. The zero-order valence-electron chi connectivity index (χ0n) is 13.9. The number of nitrogens with one attached hydrogen (secondary N) is 1. The second-order valence-corrected chi connectivity index (χ2v) is 5.06. The third kappa shape index (κ3) is 6.00. The molecule has 0 atom stereocenters. The van der Waals surface area contributed by atoms with Crippen LogP contribution in [0.2, 0.25) is 0 Å². The third-order valence-electron chi connectivity index (χ3n) is 3.27. The van der Waals surface area contributed by atoms with Crippen molar-refractivity contribution in [2.45, 2.75) is 19.8 Å². The second-order valence-electron chi connectivity index (χ2n) is 5.06. The van der Waals surface area contributed by atoms with Gasteiger partial charge in [-0.05, 0) is 55.0 Å². The van der Waals surface area contributed by atoms with Crippen LogP contribution in [0.3, 0.4) is 0 Å². The summed E-state index contributed by atoms with van der Waals surface area (Å²) in [6.07, 6.45) is 2.07. The summed E-state index contributed by atoms with van der Waals surface area (Å²) in [6, 6.07) is 12.9. The normalized spacial score (nSPS) is 9.71. The number of carbonyl (C=O) groups is 2. The van der Waals surface area contributed by atoms with Crippen LogP contribution in [0.25, 0.3) is 0 Å². The summed E-state index contributed by atoms with van der Waals surface area (Å²) in [4.78, 5) is 22.9. The van der Waals surface area contributed by atoms with Crippen LogP contribution in [-0.4, -0.2) is 23.6 Å². The molecule has 0 heterocycles. The molecule has 0 unspecified atom stereocenters. The molecule has 24 heavy (non-hydrogen) atoms. The van der Waals surface area contributed by atoms with Crippen LogP contribution in [0.5, 0.6) is 5.75 Å². The Hall–Kier alpha value is -1.82. The smallest absolute Gasteiger partial charge is 0.494 e. The van der Waals surface area contributed by atoms with Crippen molar-refractivity contribution in [2.75, 3.05) is 11.9 Å². The predicted octanol–water partition coefficient (Wildman–Crippen LogP) is 0.820. The number of anilines is 1. The standard InChI is InChI=1S/C18H19NO4.Na/c1-2-3-12-23-16-10-6-13(7-11-16)17(20)19-15-8-4-14(5-9-15)18(21)22;/h4-11H,2-3,12H2,1H3,(H,19,20)(H,21,22);/q;+1. The molecular formula is C18H19NNaO4+. The average molecular weight is 336 g/mol. The number of amides is 1. The molecule has 0 spiro atoms. The molecule has 0 aliphatic rings. The van der Waals surface area contributed by atoms with Crippen molar-refractivity contribution in [3.8, 4) is 5.75 Å². The maximum Gasteiger partial charge on any atom is 1.00 e. The number of carboxylic acids is 1. The number of carbonyl (C=O) groups excluding carboxylic acids is 1. The van der Waals surface area contributed by atoms with Crippen molar-refractivity contribution in [1.82, 2.24) is 0 Å². The van der Waals surface area contributed by atoms with E-state index in [0.717, 1.165) is 18.6 Å². The minimum Gasteiger partial charge on any atom is -0.494 e. The van der Waals surface area contributed by atoms with Crippen LogP contribution in [0.1, 0.15) is 40.5 Å². The molecule has 2 aromatic rings. The van der Waals surface area contributed by atoms with Gasteiger partial charge in [-0.1, -0.05) is 13.3 Å². The van der Waals surface area contributed by atoms with Crippen LogP contribution in [0, 0.1) is 0 Å². The first-order chi connectivity index (χ1) is 11.1. The maximum absolute atomic E-state index is 12.1. The molecule has 0 aliphatic heterocycles. The molecule has 0 bridgehead atoms. The van der Waals surface area contributed by atoms with E-state index >= 15 is 0 Å². The van der Waals surface area contributed by atoms with Crippen LogP contribution in [0.4, 0.5) is 5.69 Å². The largest absolute Gasteiger partial charge is 1.00 e. The Morgan fingerprint density at radius 3 is 2.12 bits per heavy atom. The Labute approximate surface area is 163 Å². The topological polar surface area (TPSA) is 75.6 Å². The van der Waals surface area contributed by atoms with Crippen molar-refractivity contribution >= 4 is 17.6 Å². The van der Waals surface area contributed by atoms with Gasteiger partial charge in [0.05, 0.1) is 12.2 Å². The molecule has 0 fully saturated rings. The van der Waals surface area contributed by atoms with E-state index in [2.05, 4.69) is 12.2 Å². The minimum atomic E-state index is -0.999. The summed E-state index contributed by atoms with van der Waals surface area (Å²) in [7, 11) is 0. The Morgan fingerprint density at radius 1 is 1.00 bits per heavy atom. The summed E-state index contributed by atoms with van der Waals surface area (Å²) >= 11 is 0. The van der Waals surface area contributed by atoms with Gasteiger partial charge in [-0.25, -0.2) is 4.79 Å². The van der Waals surface area contributed by atoms with Crippen molar-refractivity contribution in [3.63, 3.8) is 0 Å². The summed E-state index contributed by atoms with van der Waals surface area (Å²) in [6.45, 7) is 2.76. The quantitative estimate of drug-likeness (QED) is 0.580.